The van der Waals surface area contributed by atoms with E-state index in [1.807, 2.05) is 62.4 Å². The predicted molar refractivity (Wildman–Crippen MR) is 123 cm³/mol. The maximum absolute atomic E-state index is 12.8. The summed E-state index contributed by atoms with van der Waals surface area (Å²) in [6.45, 7) is 4.37. The largest absolute Gasteiger partial charge is 0.483 e. The van der Waals surface area contributed by atoms with Gasteiger partial charge in [-0.2, -0.15) is 0 Å². The molecule has 0 aliphatic heterocycles. The highest BCUT2D eigenvalue weighted by atomic mass is 79.9. The summed E-state index contributed by atoms with van der Waals surface area (Å²) >= 11 is 3.43. The normalized spacial score (nSPS) is 10.4. The van der Waals surface area contributed by atoms with Gasteiger partial charge in [-0.25, -0.2) is 0 Å². The summed E-state index contributed by atoms with van der Waals surface area (Å²) in [6, 6.07) is 22.0. The minimum atomic E-state index is -0.277. The van der Waals surface area contributed by atoms with E-state index in [2.05, 4.69) is 21.2 Å². The van der Waals surface area contributed by atoms with Crippen molar-refractivity contribution in [2.24, 2.45) is 0 Å². The van der Waals surface area contributed by atoms with Crippen LogP contribution in [0.1, 0.15) is 22.8 Å². The van der Waals surface area contributed by atoms with Crippen LogP contribution in [0.2, 0.25) is 0 Å². The fourth-order valence-electron chi connectivity index (χ4n) is 2.97. The van der Waals surface area contributed by atoms with Crippen LogP contribution < -0.4 is 15.0 Å². The van der Waals surface area contributed by atoms with E-state index in [1.165, 1.54) is 0 Å². The molecule has 154 valence electrons. The Morgan fingerprint density at radius 1 is 1.00 bits per heavy atom. The molecule has 0 saturated heterocycles. The molecule has 0 aromatic heterocycles. The van der Waals surface area contributed by atoms with Crippen molar-refractivity contribution in [1.29, 1.82) is 0 Å². The van der Waals surface area contributed by atoms with E-state index < -0.39 is 0 Å². The molecule has 30 heavy (non-hydrogen) atoms. The van der Waals surface area contributed by atoms with Crippen LogP contribution in [0.3, 0.4) is 0 Å². The number of nitrogens with zero attached hydrogens (tertiary/aromatic N) is 1. The monoisotopic (exact) mass is 466 g/mol. The van der Waals surface area contributed by atoms with Crippen LogP contribution in [0, 0.1) is 6.92 Å². The Kier molecular flexibility index (Phi) is 7.25. The first-order chi connectivity index (χ1) is 14.5. The molecule has 0 fully saturated rings. The third-order valence-electron chi connectivity index (χ3n) is 4.49. The predicted octanol–water partition coefficient (Wildman–Crippen LogP) is 5.44. The molecule has 0 heterocycles. The maximum atomic E-state index is 12.8. The van der Waals surface area contributed by atoms with Gasteiger partial charge in [0.05, 0.1) is 4.47 Å². The molecule has 3 aromatic rings. The second-order valence-corrected chi connectivity index (χ2v) is 7.59. The number of halogens is 1. The molecular weight excluding hydrogens is 444 g/mol. The number of ether oxygens (including phenoxy) is 1. The Bertz CT molecular complexity index is 1020. The lowest BCUT2D eigenvalue weighted by Gasteiger charge is -2.21. The number of anilines is 2. The van der Waals surface area contributed by atoms with Crippen LogP contribution >= 0.6 is 15.9 Å². The van der Waals surface area contributed by atoms with Crippen molar-refractivity contribution in [3.05, 3.63) is 88.4 Å². The van der Waals surface area contributed by atoms with Gasteiger partial charge in [0.25, 0.3) is 11.8 Å². The van der Waals surface area contributed by atoms with Crippen molar-refractivity contribution < 1.29 is 14.3 Å². The van der Waals surface area contributed by atoms with Crippen LogP contribution in [0.15, 0.2) is 77.3 Å². The van der Waals surface area contributed by atoms with Crippen LogP contribution in [0.4, 0.5) is 11.4 Å². The lowest BCUT2D eigenvalue weighted by atomic mass is 10.1. The van der Waals surface area contributed by atoms with Crippen molar-refractivity contribution in [2.45, 2.75) is 13.8 Å². The second kappa shape index (κ2) is 10.1. The first-order valence-electron chi connectivity index (χ1n) is 9.63. The Balaban J connectivity index is 1.59. The SMILES string of the molecule is CCN(C(=O)c1ccc(NC(=O)COc2ccc(C)cc2Br)cc1)c1ccccc1. The first kappa shape index (κ1) is 21.6. The number of carbonyl (C=O) groups is 2. The highest BCUT2D eigenvalue weighted by Crippen LogP contribution is 2.25. The Morgan fingerprint density at radius 3 is 2.33 bits per heavy atom. The number of carbonyl (C=O) groups excluding carboxylic acids is 2. The zero-order valence-corrected chi connectivity index (χ0v) is 18.5. The van der Waals surface area contributed by atoms with Crippen LogP contribution in [-0.4, -0.2) is 25.0 Å². The van der Waals surface area contributed by atoms with Crippen molar-refractivity contribution in [1.82, 2.24) is 0 Å². The molecule has 0 spiro atoms. The highest BCUT2D eigenvalue weighted by Gasteiger charge is 2.16. The van der Waals surface area contributed by atoms with Crippen molar-refractivity contribution >= 4 is 39.1 Å². The molecule has 0 bridgehead atoms. The zero-order chi connectivity index (χ0) is 21.5. The summed E-state index contributed by atoms with van der Waals surface area (Å²) in [5.74, 6) is 0.243. The molecule has 0 aliphatic rings. The number of rotatable bonds is 7. The summed E-state index contributed by atoms with van der Waals surface area (Å²) in [5.41, 5.74) is 3.11. The number of amides is 2. The average Bonchev–Trinajstić information content (AvgIpc) is 2.75. The van der Waals surface area contributed by atoms with Crippen LogP contribution in [-0.2, 0) is 4.79 Å². The molecule has 1 N–H and O–H groups in total. The lowest BCUT2D eigenvalue weighted by molar-refractivity contribution is -0.118. The van der Waals surface area contributed by atoms with E-state index in [9.17, 15) is 9.59 Å². The van der Waals surface area contributed by atoms with Crippen molar-refractivity contribution in [2.75, 3.05) is 23.4 Å². The fourth-order valence-corrected chi connectivity index (χ4v) is 3.57. The van der Waals surface area contributed by atoms with Gasteiger partial charge < -0.3 is 15.0 Å². The number of benzene rings is 3. The molecule has 0 unspecified atom stereocenters. The average molecular weight is 467 g/mol. The first-order valence-corrected chi connectivity index (χ1v) is 10.4. The number of aryl methyl sites for hydroxylation is 1. The molecule has 0 radical (unpaired) electrons. The van der Waals surface area contributed by atoms with E-state index in [0.29, 0.717) is 23.5 Å². The van der Waals surface area contributed by atoms with Gasteiger partial charge in [-0.05, 0) is 83.9 Å². The van der Waals surface area contributed by atoms with Gasteiger partial charge >= 0.3 is 0 Å². The number of hydrogen-bond acceptors (Lipinski definition) is 3. The maximum Gasteiger partial charge on any atom is 0.262 e. The van der Waals surface area contributed by atoms with Gasteiger partial charge in [0.2, 0.25) is 0 Å². The van der Waals surface area contributed by atoms with E-state index >= 15 is 0 Å². The Hall–Kier alpha value is -3.12. The van der Waals surface area contributed by atoms with E-state index in [0.717, 1.165) is 15.7 Å². The van der Waals surface area contributed by atoms with Gasteiger partial charge in [0, 0.05) is 23.5 Å². The lowest BCUT2D eigenvalue weighted by Crippen LogP contribution is -2.30. The minimum absolute atomic E-state index is 0.0888. The third-order valence-corrected chi connectivity index (χ3v) is 5.11. The van der Waals surface area contributed by atoms with E-state index in [1.54, 1.807) is 29.2 Å². The summed E-state index contributed by atoms with van der Waals surface area (Å²) in [4.78, 5) is 26.7. The molecule has 0 atom stereocenters. The third kappa shape index (κ3) is 5.48. The standard InChI is InChI=1S/C24H23BrN2O3/c1-3-27(20-7-5-4-6-8-20)24(29)18-10-12-19(13-11-18)26-23(28)16-30-22-14-9-17(2)15-21(22)25/h4-15H,3,16H2,1-2H3,(H,26,28). The van der Waals surface area contributed by atoms with Gasteiger partial charge in [-0.3, -0.25) is 9.59 Å². The summed E-state index contributed by atoms with van der Waals surface area (Å²) < 4.78 is 6.37. The van der Waals surface area contributed by atoms with Gasteiger partial charge in [-0.15, -0.1) is 0 Å². The highest BCUT2D eigenvalue weighted by molar-refractivity contribution is 9.10. The molecular formula is C24H23BrN2O3. The zero-order valence-electron chi connectivity index (χ0n) is 16.9. The molecule has 2 amide bonds. The molecule has 3 rings (SSSR count). The molecule has 0 saturated carbocycles. The van der Waals surface area contributed by atoms with Crippen molar-refractivity contribution in [3.8, 4) is 5.75 Å². The van der Waals surface area contributed by atoms with Gasteiger partial charge in [0.15, 0.2) is 6.61 Å². The number of nitrogens with one attached hydrogen (secondary N) is 1. The summed E-state index contributed by atoms with van der Waals surface area (Å²) in [7, 11) is 0. The van der Waals surface area contributed by atoms with E-state index in [-0.39, 0.29) is 18.4 Å². The quantitative estimate of drug-likeness (QED) is 0.504. The molecule has 5 nitrogen and oxygen atoms in total. The second-order valence-electron chi connectivity index (χ2n) is 6.73. The van der Waals surface area contributed by atoms with Gasteiger partial charge in [-0.1, -0.05) is 24.3 Å². The summed E-state index contributed by atoms with van der Waals surface area (Å²) in [5, 5.41) is 2.78. The Morgan fingerprint density at radius 2 is 1.70 bits per heavy atom. The van der Waals surface area contributed by atoms with Crippen molar-refractivity contribution in [3.63, 3.8) is 0 Å². The fraction of sp³-hybridized carbons (Fsp3) is 0.167. The molecule has 3 aromatic carbocycles. The summed E-state index contributed by atoms with van der Waals surface area (Å²) in [6.07, 6.45) is 0. The van der Waals surface area contributed by atoms with E-state index in [4.69, 9.17) is 4.74 Å². The minimum Gasteiger partial charge on any atom is -0.483 e. The number of hydrogen-bond donors (Lipinski definition) is 1. The van der Waals surface area contributed by atoms with Crippen LogP contribution in [0.25, 0.3) is 0 Å². The van der Waals surface area contributed by atoms with Crippen LogP contribution in [0.5, 0.6) is 5.75 Å². The topological polar surface area (TPSA) is 58.6 Å². The Labute approximate surface area is 184 Å². The smallest absolute Gasteiger partial charge is 0.262 e. The molecule has 0 aliphatic carbocycles. The number of para-hydroxylation sites is 1. The molecule has 6 heteroatoms. The van der Waals surface area contributed by atoms with Gasteiger partial charge in [0.1, 0.15) is 5.75 Å².